The first kappa shape index (κ1) is 17.5. The van der Waals surface area contributed by atoms with Crippen molar-refractivity contribution in [3.8, 4) is 0 Å². The van der Waals surface area contributed by atoms with Gasteiger partial charge in [0.05, 0.1) is 11.1 Å². The number of nitrogens with zero attached hydrogens (tertiary/aromatic N) is 1. The van der Waals surface area contributed by atoms with Crippen molar-refractivity contribution in [1.82, 2.24) is 5.32 Å². The SMILES string of the molecule is O=C(Nc1ccc(F)c(Cl)c1)NC1CC(=O)N(c2ccc(Cl)cc2)C1. The molecule has 0 bridgehead atoms. The van der Waals surface area contributed by atoms with E-state index in [0.717, 1.165) is 5.69 Å². The topological polar surface area (TPSA) is 61.4 Å². The highest BCUT2D eigenvalue weighted by Crippen LogP contribution is 2.24. The van der Waals surface area contributed by atoms with Gasteiger partial charge in [0.15, 0.2) is 0 Å². The van der Waals surface area contributed by atoms with Crippen molar-refractivity contribution in [1.29, 1.82) is 0 Å². The first-order valence-electron chi connectivity index (χ1n) is 7.51. The van der Waals surface area contributed by atoms with Gasteiger partial charge in [-0.25, -0.2) is 9.18 Å². The number of hydrogen-bond donors (Lipinski definition) is 2. The van der Waals surface area contributed by atoms with E-state index in [2.05, 4.69) is 10.6 Å². The van der Waals surface area contributed by atoms with E-state index in [4.69, 9.17) is 23.2 Å². The number of anilines is 2. The minimum absolute atomic E-state index is 0.0808. The summed E-state index contributed by atoms with van der Waals surface area (Å²) in [5.41, 5.74) is 1.09. The van der Waals surface area contributed by atoms with E-state index < -0.39 is 11.8 Å². The van der Waals surface area contributed by atoms with E-state index in [1.807, 2.05) is 0 Å². The van der Waals surface area contributed by atoms with Gasteiger partial charge in [-0.05, 0) is 42.5 Å². The Hall–Kier alpha value is -2.31. The Morgan fingerprint density at radius 1 is 1.16 bits per heavy atom. The highest BCUT2D eigenvalue weighted by Gasteiger charge is 2.31. The fraction of sp³-hybridized carbons (Fsp3) is 0.176. The third kappa shape index (κ3) is 4.21. The number of halogens is 3. The number of rotatable bonds is 3. The summed E-state index contributed by atoms with van der Waals surface area (Å²) < 4.78 is 13.1. The molecule has 0 saturated carbocycles. The van der Waals surface area contributed by atoms with Gasteiger partial charge in [-0.1, -0.05) is 23.2 Å². The molecular formula is C17H14Cl2FN3O2. The fourth-order valence-electron chi connectivity index (χ4n) is 2.60. The maximum absolute atomic E-state index is 13.1. The van der Waals surface area contributed by atoms with Crippen LogP contribution in [0.4, 0.5) is 20.6 Å². The maximum Gasteiger partial charge on any atom is 0.319 e. The second-order valence-electron chi connectivity index (χ2n) is 5.61. The average Bonchev–Trinajstić information content (AvgIpc) is 2.92. The lowest BCUT2D eigenvalue weighted by Gasteiger charge is -2.17. The van der Waals surface area contributed by atoms with Crippen LogP contribution < -0.4 is 15.5 Å². The van der Waals surface area contributed by atoms with Crippen molar-refractivity contribution >= 4 is 46.5 Å². The summed E-state index contributed by atoms with van der Waals surface area (Å²) >= 11 is 11.5. The Kier molecular flexibility index (Phi) is 5.11. The number of hydrogen-bond acceptors (Lipinski definition) is 2. The molecule has 2 aromatic carbocycles. The molecule has 8 heteroatoms. The summed E-state index contributed by atoms with van der Waals surface area (Å²) in [6.07, 6.45) is 0.195. The molecule has 1 atom stereocenters. The van der Waals surface area contributed by atoms with E-state index in [1.54, 1.807) is 29.2 Å². The van der Waals surface area contributed by atoms with Crippen LogP contribution in [-0.4, -0.2) is 24.5 Å². The van der Waals surface area contributed by atoms with E-state index in [-0.39, 0.29) is 23.4 Å². The molecule has 1 aliphatic rings. The van der Waals surface area contributed by atoms with Crippen LogP contribution in [0.3, 0.4) is 0 Å². The summed E-state index contributed by atoms with van der Waals surface area (Å²) in [7, 11) is 0. The van der Waals surface area contributed by atoms with Gasteiger partial charge in [0.1, 0.15) is 5.82 Å². The van der Waals surface area contributed by atoms with Crippen molar-refractivity contribution in [2.24, 2.45) is 0 Å². The number of nitrogens with one attached hydrogen (secondary N) is 2. The second kappa shape index (κ2) is 7.29. The predicted octanol–water partition coefficient (Wildman–Crippen LogP) is 4.06. The molecule has 1 saturated heterocycles. The molecule has 130 valence electrons. The second-order valence-corrected chi connectivity index (χ2v) is 6.45. The van der Waals surface area contributed by atoms with Crippen LogP contribution in [0.1, 0.15) is 6.42 Å². The molecule has 0 spiro atoms. The zero-order chi connectivity index (χ0) is 18.0. The molecule has 3 rings (SSSR count). The van der Waals surface area contributed by atoms with Crippen LogP contribution in [0.25, 0.3) is 0 Å². The Morgan fingerprint density at radius 3 is 2.56 bits per heavy atom. The third-order valence-corrected chi connectivity index (χ3v) is 4.32. The van der Waals surface area contributed by atoms with Crippen molar-refractivity contribution < 1.29 is 14.0 Å². The largest absolute Gasteiger partial charge is 0.333 e. The van der Waals surface area contributed by atoms with Crippen LogP contribution in [-0.2, 0) is 4.79 Å². The van der Waals surface area contributed by atoms with Gasteiger partial charge in [0.2, 0.25) is 5.91 Å². The first-order valence-corrected chi connectivity index (χ1v) is 8.26. The quantitative estimate of drug-likeness (QED) is 0.841. The monoisotopic (exact) mass is 381 g/mol. The lowest BCUT2D eigenvalue weighted by Crippen LogP contribution is -2.39. The molecule has 1 fully saturated rings. The molecule has 1 unspecified atom stereocenters. The molecule has 0 radical (unpaired) electrons. The lowest BCUT2D eigenvalue weighted by molar-refractivity contribution is -0.117. The zero-order valence-corrected chi connectivity index (χ0v) is 14.4. The van der Waals surface area contributed by atoms with Gasteiger partial charge in [0, 0.05) is 29.4 Å². The molecule has 2 N–H and O–H groups in total. The number of benzene rings is 2. The Labute approximate surface area is 153 Å². The normalized spacial score (nSPS) is 16.8. The van der Waals surface area contributed by atoms with Crippen LogP contribution in [0.15, 0.2) is 42.5 Å². The van der Waals surface area contributed by atoms with Gasteiger partial charge in [0.25, 0.3) is 0 Å². The molecule has 3 amide bonds. The molecule has 1 aliphatic heterocycles. The summed E-state index contributed by atoms with van der Waals surface area (Å²) in [5, 5.41) is 5.80. The number of amides is 3. The van der Waals surface area contributed by atoms with E-state index in [0.29, 0.717) is 17.3 Å². The molecule has 2 aromatic rings. The van der Waals surface area contributed by atoms with E-state index >= 15 is 0 Å². The van der Waals surface area contributed by atoms with Gasteiger partial charge in [-0.15, -0.1) is 0 Å². The summed E-state index contributed by atoms with van der Waals surface area (Å²) in [5.74, 6) is -0.648. The smallest absolute Gasteiger partial charge is 0.319 e. The Bertz CT molecular complexity index is 814. The minimum atomic E-state index is -0.562. The summed E-state index contributed by atoms with van der Waals surface area (Å²) in [4.78, 5) is 25.8. The predicted molar refractivity (Wildman–Crippen MR) is 95.8 cm³/mol. The Balaban J connectivity index is 1.60. The fourth-order valence-corrected chi connectivity index (χ4v) is 2.91. The van der Waals surface area contributed by atoms with Crippen LogP contribution in [0.5, 0.6) is 0 Å². The van der Waals surface area contributed by atoms with Crippen molar-refractivity contribution in [2.45, 2.75) is 12.5 Å². The molecule has 0 aliphatic carbocycles. The van der Waals surface area contributed by atoms with E-state index in [9.17, 15) is 14.0 Å². The van der Waals surface area contributed by atoms with Crippen molar-refractivity contribution in [3.05, 3.63) is 58.3 Å². The lowest BCUT2D eigenvalue weighted by atomic mass is 10.2. The molecule has 0 aromatic heterocycles. The number of urea groups is 1. The van der Waals surface area contributed by atoms with Gasteiger partial charge >= 0.3 is 6.03 Å². The minimum Gasteiger partial charge on any atom is -0.333 e. The van der Waals surface area contributed by atoms with Crippen molar-refractivity contribution in [2.75, 3.05) is 16.8 Å². The average molecular weight is 382 g/mol. The summed E-state index contributed by atoms with van der Waals surface area (Å²) in [6.45, 7) is 0.359. The molecule has 5 nitrogen and oxygen atoms in total. The van der Waals surface area contributed by atoms with Gasteiger partial charge in [-0.2, -0.15) is 0 Å². The molecular weight excluding hydrogens is 368 g/mol. The number of carbonyl (C=O) groups is 2. The maximum atomic E-state index is 13.1. The van der Waals surface area contributed by atoms with Crippen LogP contribution in [0.2, 0.25) is 10.0 Å². The zero-order valence-electron chi connectivity index (χ0n) is 12.9. The molecule has 1 heterocycles. The van der Waals surface area contributed by atoms with Gasteiger partial charge in [-0.3, -0.25) is 4.79 Å². The summed E-state index contributed by atoms with van der Waals surface area (Å²) in [6, 6.07) is 9.98. The number of carbonyl (C=O) groups excluding carboxylic acids is 2. The standard InChI is InChI=1S/C17H14Cl2FN3O2/c18-10-1-4-13(5-2-10)23-9-12(8-16(23)24)22-17(25)21-11-3-6-15(20)14(19)7-11/h1-7,12H,8-9H2,(H2,21,22,25). The molecule has 25 heavy (non-hydrogen) atoms. The highest BCUT2D eigenvalue weighted by molar-refractivity contribution is 6.31. The van der Waals surface area contributed by atoms with Crippen molar-refractivity contribution in [3.63, 3.8) is 0 Å². The van der Waals surface area contributed by atoms with Crippen LogP contribution in [0, 0.1) is 5.82 Å². The van der Waals surface area contributed by atoms with Crippen LogP contribution >= 0.6 is 23.2 Å². The van der Waals surface area contributed by atoms with E-state index in [1.165, 1.54) is 18.2 Å². The van der Waals surface area contributed by atoms with Gasteiger partial charge < -0.3 is 15.5 Å². The Morgan fingerprint density at radius 2 is 1.88 bits per heavy atom. The highest BCUT2D eigenvalue weighted by atomic mass is 35.5. The third-order valence-electron chi connectivity index (χ3n) is 3.78. The first-order chi connectivity index (χ1) is 11.9.